The van der Waals surface area contributed by atoms with E-state index in [2.05, 4.69) is 26.3 Å². The Hall–Kier alpha value is -4.59. The van der Waals surface area contributed by atoms with Crippen LogP contribution in [0.5, 0.6) is 5.75 Å². The predicted octanol–water partition coefficient (Wildman–Crippen LogP) is 3.92. The highest BCUT2D eigenvalue weighted by Crippen LogP contribution is 2.35. The van der Waals surface area contributed by atoms with Gasteiger partial charge in [0.2, 0.25) is 0 Å². The number of aromatic nitrogens is 2. The summed E-state index contributed by atoms with van der Waals surface area (Å²) in [6.07, 6.45) is -0.598. The van der Waals surface area contributed by atoms with E-state index in [1.165, 1.54) is 4.90 Å². The van der Waals surface area contributed by atoms with Crippen molar-refractivity contribution in [3.63, 3.8) is 0 Å². The summed E-state index contributed by atoms with van der Waals surface area (Å²) in [7, 11) is 1.63. The van der Waals surface area contributed by atoms with E-state index in [0.29, 0.717) is 34.3 Å². The molecule has 226 valence electrons. The fourth-order valence-electron chi connectivity index (χ4n) is 4.70. The summed E-state index contributed by atoms with van der Waals surface area (Å²) < 4.78 is 16.7. The number of anilines is 3. The molecule has 0 unspecified atom stereocenters. The molecule has 42 heavy (non-hydrogen) atoms. The molecule has 3 aromatic rings. The molecule has 1 aliphatic rings. The number of fused-ring (bicyclic) bond motifs is 1. The van der Waals surface area contributed by atoms with Crippen molar-refractivity contribution in [2.45, 2.75) is 53.7 Å². The van der Waals surface area contributed by atoms with Crippen molar-refractivity contribution < 1.29 is 33.3 Å². The van der Waals surface area contributed by atoms with Gasteiger partial charge in [0.25, 0.3) is 5.91 Å². The van der Waals surface area contributed by atoms with E-state index in [0.717, 1.165) is 0 Å². The van der Waals surface area contributed by atoms with E-state index < -0.39 is 24.2 Å². The van der Waals surface area contributed by atoms with Crippen molar-refractivity contribution in [1.82, 2.24) is 20.1 Å². The molecule has 1 aliphatic heterocycles. The average Bonchev–Trinajstić information content (AvgIpc) is 3.44. The number of aryl methyl sites for hydroxylation is 4. The molecule has 0 aliphatic carbocycles. The second-order valence-corrected chi connectivity index (χ2v) is 10.6. The van der Waals surface area contributed by atoms with Gasteiger partial charge in [-0.3, -0.25) is 4.79 Å². The zero-order valence-electron chi connectivity index (χ0n) is 24.8. The van der Waals surface area contributed by atoms with Gasteiger partial charge in [0.15, 0.2) is 17.3 Å². The molecule has 14 nitrogen and oxygen atoms in total. The van der Waals surface area contributed by atoms with E-state index >= 15 is 0 Å². The van der Waals surface area contributed by atoms with Crippen molar-refractivity contribution in [2.75, 3.05) is 42.7 Å². The van der Waals surface area contributed by atoms with Gasteiger partial charge < -0.3 is 44.6 Å². The van der Waals surface area contributed by atoms with Crippen LogP contribution in [0.3, 0.4) is 0 Å². The lowest BCUT2D eigenvalue weighted by Gasteiger charge is -2.38. The normalized spacial score (nSPS) is 17.4. The van der Waals surface area contributed by atoms with E-state index in [-0.39, 0.29) is 48.5 Å². The molecule has 0 bridgehead atoms. The van der Waals surface area contributed by atoms with Crippen LogP contribution < -0.4 is 20.7 Å². The molecule has 0 spiro atoms. The fraction of sp³-hybridized carbons (Fsp3) is 0.464. The van der Waals surface area contributed by atoms with Crippen LogP contribution in [0.1, 0.15) is 47.1 Å². The number of nitrogens with zero attached hydrogens (tertiary/aromatic N) is 4. The Bertz CT molecular complexity index is 1430. The predicted molar refractivity (Wildman–Crippen MR) is 154 cm³/mol. The number of rotatable bonds is 7. The quantitative estimate of drug-likeness (QED) is 0.321. The topological polar surface area (TPSA) is 175 Å². The number of amides is 5. The van der Waals surface area contributed by atoms with Gasteiger partial charge in [-0.1, -0.05) is 23.3 Å². The van der Waals surface area contributed by atoms with Gasteiger partial charge in [-0.2, -0.15) is 0 Å². The van der Waals surface area contributed by atoms with Crippen LogP contribution >= 0.6 is 0 Å². The first-order valence-electron chi connectivity index (χ1n) is 13.6. The van der Waals surface area contributed by atoms with Crippen LogP contribution in [0.25, 0.3) is 0 Å². The molecule has 3 heterocycles. The van der Waals surface area contributed by atoms with Gasteiger partial charge >= 0.3 is 12.1 Å². The largest absolute Gasteiger partial charge is 0.485 e. The molecule has 3 atom stereocenters. The molecule has 0 radical (unpaired) electrons. The van der Waals surface area contributed by atoms with Gasteiger partial charge in [-0.15, -0.1) is 0 Å². The monoisotopic (exact) mass is 583 g/mol. The van der Waals surface area contributed by atoms with E-state index in [1.54, 1.807) is 64.8 Å². The zero-order chi connectivity index (χ0) is 30.7. The summed E-state index contributed by atoms with van der Waals surface area (Å²) in [5.74, 6) is 0.461. The summed E-state index contributed by atoms with van der Waals surface area (Å²) in [5, 5.41) is 25.9. The second kappa shape index (κ2) is 12.5. The van der Waals surface area contributed by atoms with Crippen LogP contribution in [-0.2, 0) is 0 Å². The maximum Gasteiger partial charge on any atom is 0.323 e. The highest BCUT2D eigenvalue weighted by Gasteiger charge is 2.35. The van der Waals surface area contributed by atoms with Gasteiger partial charge in [-0.25, -0.2) is 9.59 Å². The van der Waals surface area contributed by atoms with Gasteiger partial charge in [-0.05, 0) is 46.8 Å². The highest BCUT2D eigenvalue weighted by molar-refractivity contribution is 6.04. The van der Waals surface area contributed by atoms with Crippen molar-refractivity contribution in [2.24, 2.45) is 5.92 Å². The molecule has 14 heteroatoms. The first kappa shape index (κ1) is 30.4. The minimum Gasteiger partial charge on any atom is -0.485 e. The van der Waals surface area contributed by atoms with Crippen molar-refractivity contribution in [1.29, 1.82) is 0 Å². The number of carbonyl (C=O) groups is 3. The summed E-state index contributed by atoms with van der Waals surface area (Å²) >= 11 is 0. The Balaban J connectivity index is 1.64. The Labute approximate surface area is 243 Å². The number of hydrogen-bond acceptors (Lipinski definition) is 9. The lowest BCUT2D eigenvalue weighted by Crippen LogP contribution is -2.50. The third kappa shape index (κ3) is 6.33. The SMILES string of the molecule is Cc1noc(C)c1NC(=O)Nc1cccc2c1O[C@@H](CN(C)C(=O)Nc1c(C)noc1C)[C@H](C)CN([C@@H](C)CO)C2=O. The third-order valence-corrected chi connectivity index (χ3v) is 7.28. The Kier molecular flexibility index (Phi) is 9.05. The van der Waals surface area contributed by atoms with Crippen LogP contribution in [-0.4, -0.2) is 82.1 Å². The molecule has 4 N–H and O–H groups in total. The number of urea groups is 2. The van der Waals surface area contributed by atoms with Crippen molar-refractivity contribution >= 4 is 35.0 Å². The minimum atomic E-state index is -0.598. The average molecular weight is 584 g/mol. The number of carbonyl (C=O) groups excluding carboxylic acids is 3. The van der Waals surface area contributed by atoms with E-state index in [4.69, 9.17) is 13.8 Å². The third-order valence-electron chi connectivity index (χ3n) is 7.28. The molecule has 0 saturated carbocycles. The van der Waals surface area contributed by atoms with Crippen LogP contribution in [0.15, 0.2) is 27.2 Å². The number of aliphatic hydroxyl groups is 1. The lowest BCUT2D eigenvalue weighted by molar-refractivity contribution is 0.0373. The van der Waals surface area contributed by atoms with Gasteiger partial charge in [0, 0.05) is 19.5 Å². The van der Waals surface area contributed by atoms with Crippen molar-refractivity contribution in [3.05, 3.63) is 46.7 Å². The first-order chi connectivity index (χ1) is 19.9. The van der Waals surface area contributed by atoms with Gasteiger partial charge in [0.05, 0.1) is 30.4 Å². The Morgan fingerprint density at radius 1 is 1.07 bits per heavy atom. The number of likely N-dealkylation sites (N-methyl/N-ethyl adjacent to an activating group) is 1. The Morgan fingerprint density at radius 2 is 1.69 bits per heavy atom. The molecule has 4 rings (SSSR count). The van der Waals surface area contributed by atoms with Crippen LogP contribution in [0.2, 0.25) is 0 Å². The molecule has 1 aromatic carbocycles. The number of hydrogen-bond donors (Lipinski definition) is 4. The summed E-state index contributed by atoms with van der Waals surface area (Å²) in [6, 6.07) is 3.40. The summed E-state index contributed by atoms with van der Waals surface area (Å²) in [6.45, 7) is 10.6. The molecule has 2 aromatic heterocycles. The summed E-state index contributed by atoms with van der Waals surface area (Å²) in [4.78, 5) is 42.8. The number of nitrogens with one attached hydrogen (secondary N) is 3. The molecule has 0 saturated heterocycles. The maximum atomic E-state index is 13.7. The summed E-state index contributed by atoms with van der Waals surface area (Å²) in [5.41, 5.74) is 2.46. The molecular weight excluding hydrogens is 546 g/mol. The number of benzene rings is 1. The molecule has 0 fully saturated rings. The lowest BCUT2D eigenvalue weighted by atomic mass is 9.99. The fourth-order valence-corrected chi connectivity index (χ4v) is 4.70. The highest BCUT2D eigenvalue weighted by atomic mass is 16.5. The number of aliphatic hydroxyl groups excluding tert-OH is 1. The molecule has 5 amide bonds. The Morgan fingerprint density at radius 3 is 2.26 bits per heavy atom. The van der Waals surface area contributed by atoms with Crippen LogP contribution in [0.4, 0.5) is 26.7 Å². The van der Waals surface area contributed by atoms with E-state index in [1.807, 2.05) is 6.92 Å². The minimum absolute atomic E-state index is 0.144. The first-order valence-corrected chi connectivity index (χ1v) is 13.6. The van der Waals surface area contributed by atoms with Crippen molar-refractivity contribution in [3.8, 4) is 5.75 Å². The standard InChI is InChI=1S/C28H37N7O7/c1-14-11-35(15(2)13-36)26(37)20-9-8-10-21(29-27(38)30-23-16(3)32-41-18(23)5)25(20)40-22(14)12-34(7)28(39)31-24-17(4)33-42-19(24)6/h8-10,14-15,22,36H,11-13H2,1-7H3,(H,31,39)(H2,29,30,38)/t14-,15+,22+/m1/s1. The maximum absolute atomic E-state index is 13.7. The van der Waals surface area contributed by atoms with Gasteiger partial charge in [0.1, 0.15) is 28.9 Å². The van der Waals surface area contributed by atoms with Crippen LogP contribution in [0, 0.1) is 33.6 Å². The number of ether oxygens (including phenoxy) is 1. The number of para-hydroxylation sites is 1. The smallest absolute Gasteiger partial charge is 0.323 e. The zero-order valence-corrected chi connectivity index (χ0v) is 24.8. The second-order valence-electron chi connectivity index (χ2n) is 10.6. The van der Waals surface area contributed by atoms with E-state index in [9.17, 15) is 19.5 Å². The molecular formula is C28H37N7O7.